The molecule has 5 rings (SSSR count). The second kappa shape index (κ2) is 9.54. The highest BCUT2D eigenvalue weighted by molar-refractivity contribution is 6.00. The Bertz CT molecular complexity index is 1240. The Labute approximate surface area is 221 Å². The van der Waals surface area contributed by atoms with Crippen molar-refractivity contribution in [2.75, 3.05) is 6.61 Å². The number of hydrogen-bond acceptors (Lipinski definition) is 7. The predicted octanol–water partition coefficient (Wildman–Crippen LogP) is 3.79. The minimum Gasteiger partial charge on any atom is -0.459 e. The fourth-order valence-corrected chi connectivity index (χ4v) is 5.90. The summed E-state index contributed by atoms with van der Waals surface area (Å²) in [5.41, 5.74) is 0.0420. The van der Waals surface area contributed by atoms with Crippen LogP contribution in [0, 0.1) is 16.7 Å². The fourth-order valence-electron chi connectivity index (χ4n) is 5.90. The third-order valence-electron chi connectivity index (χ3n) is 8.69. The molecule has 3 fully saturated rings. The van der Waals surface area contributed by atoms with Crippen LogP contribution < -0.4 is 5.32 Å². The maximum atomic E-state index is 13.1. The standard InChI is InChI=1S/C29H32N2O7/c1-28(2)22-23(29(28,3)4)31(27(35)30-24(22)32)21-15-19(38-26(34)18-13-9-6-10-14-18)20(37-21)16-36-25(33)17-11-7-5-8-12-17/h5-14,19-23H,15-16H2,1-4H3,(H,30,32,35)/t19-,20+,21+,22?,23?/m0/s1. The third-order valence-corrected chi connectivity index (χ3v) is 8.69. The van der Waals surface area contributed by atoms with E-state index >= 15 is 0 Å². The number of ether oxygens (including phenoxy) is 3. The maximum absolute atomic E-state index is 13.1. The number of amides is 3. The van der Waals surface area contributed by atoms with Crippen molar-refractivity contribution in [1.82, 2.24) is 10.2 Å². The highest BCUT2D eigenvalue weighted by Gasteiger charge is 2.70. The number of hydrogen-bond donors (Lipinski definition) is 1. The molecule has 1 saturated carbocycles. The summed E-state index contributed by atoms with van der Waals surface area (Å²) in [5, 5.41) is 2.47. The molecular formula is C29H32N2O7. The number of fused-ring (bicyclic) bond motifs is 1. The van der Waals surface area contributed by atoms with Gasteiger partial charge in [0.25, 0.3) is 0 Å². The van der Waals surface area contributed by atoms with Crippen molar-refractivity contribution in [1.29, 1.82) is 0 Å². The van der Waals surface area contributed by atoms with Crippen LogP contribution in [-0.2, 0) is 19.0 Å². The summed E-state index contributed by atoms with van der Waals surface area (Å²) in [6.45, 7) is 7.94. The quantitative estimate of drug-likeness (QED) is 0.577. The van der Waals surface area contributed by atoms with E-state index in [1.165, 1.54) is 0 Å². The summed E-state index contributed by atoms with van der Waals surface area (Å²) in [5.74, 6) is -1.77. The summed E-state index contributed by atoms with van der Waals surface area (Å²) in [7, 11) is 0. The molecule has 2 unspecified atom stereocenters. The van der Waals surface area contributed by atoms with Crippen molar-refractivity contribution in [2.24, 2.45) is 16.7 Å². The lowest BCUT2D eigenvalue weighted by Crippen LogP contribution is -2.79. The Balaban J connectivity index is 1.37. The number of carbonyl (C=O) groups is 4. The smallest absolute Gasteiger partial charge is 0.338 e. The molecule has 200 valence electrons. The molecule has 2 aromatic carbocycles. The van der Waals surface area contributed by atoms with E-state index in [2.05, 4.69) is 5.32 Å². The average molecular weight is 521 g/mol. The van der Waals surface area contributed by atoms with Gasteiger partial charge < -0.3 is 14.2 Å². The Morgan fingerprint density at radius 1 is 0.921 bits per heavy atom. The highest BCUT2D eigenvalue weighted by atomic mass is 16.6. The van der Waals surface area contributed by atoms with Gasteiger partial charge >= 0.3 is 18.0 Å². The van der Waals surface area contributed by atoms with Gasteiger partial charge in [-0.2, -0.15) is 0 Å². The van der Waals surface area contributed by atoms with Crippen LogP contribution >= 0.6 is 0 Å². The second-order valence-electron chi connectivity index (χ2n) is 11.2. The number of imide groups is 1. The summed E-state index contributed by atoms with van der Waals surface area (Å²) in [4.78, 5) is 52.9. The third kappa shape index (κ3) is 4.24. The van der Waals surface area contributed by atoms with Crippen molar-refractivity contribution in [3.63, 3.8) is 0 Å². The molecule has 2 heterocycles. The molecule has 38 heavy (non-hydrogen) atoms. The van der Waals surface area contributed by atoms with Crippen LogP contribution in [0.15, 0.2) is 60.7 Å². The lowest BCUT2D eigenvalue weighted by Gasteiger charge is -2.68. The van der Waals surface area contributed by atoms with E-state index in [9.17, 15) is 19.2 Å². The van der Waals surface area contributed by atoms with Crippen molar-refractivity contribution in [3.05, 3.63) is 71.8 Å². The molecule has 3 amide bonds. The van der Waals surface area contributed by atoms with Crippen molar-refractivity contribution < 1.29 is 33.4 Å². The minimum atomic E-state index is -0.805. The molecule has 2 aromatic rings. The van der Waals surface area contributed by atoms with Crippen molar-refractivity contribution in [2.45, 2.75) is 58.6 Å². The van der Waals surface area contributed by atoms with Crippen LogP contribution in [0.1, 0.15) is 54.8 Å². The van der Waals surface area contributed by atoms with E-state index in [0.29, 0.717) is 11.1 Å². The SMILES string of the molecule is CC1(C)C2C(=O)NC(=O)N([C@H]3C[C@H](OC(=O)c4ccccc4)[C@@H](COC(=O)c4ccccc4)O3)C2C1(C)C. The van der Waals surface area contributed by atoms with Gasteiger partial charge in [-0.05, 0) is 35.1 Å². The van der Waals surface area contributed by atoms with Gasteiger partial charge in [-0.15, -0.1) is 0 Å². The van der Waals surface area contributed by atoms with Gasteiger partial charge in [-0.1, -0.05) is 64.1 Å². The van der Waals surface area contributed by atoms with E-state index in [1.54, 1.807) is 65.6 Å². The molecule has 0 aromatic heterocycles. The molecule has 0 bridgehead atoms. The van der Waals surface area contributed by atoms with E-state index in [1.807, 2.05) is 27.7 Å². The predicted molar refractivity (Wildman–Crippen MR) is 136 cm³/mol. The zero-order valence-electron chi connectivity index (χ0n) is 21.9. The van der Waals surface area contributed by atoms with E-state index < -0.39 is 42.3 Å². The van der Waals surface area contributed by atoms with Gasteiger partial charge in [-0.3, -0.25) is 15.0 Å². The lowest BCUT2D eigenvalue weighted by molar-refractivity contribution is -0.213. The molecule has 9 nitrogen and oxygen atoms in total. The number of carbonyl (C=O) groups excluding carboxylic acids is 4. The normalized spacial score (nSPS) is 29.1. The topological polar surface area (TPSA) is 111 Å². The second-order valence-corrected chi connectivity index (χ2v) is 11.2. The first-order valence-corrected chi connectivity index (χ1v) is 12.8. The summed E-state index contributed by atoms with van der Waals surface area (Å²) >= 11 is 0. The molecule has 1 aliphatic carbocycles. The number of rotatable bonds is 6. The summed E-state index contributed by atoms with van der Waals surface area (Å²) in [6.07, 6.45) is -2.19. The average Bonchev–Trinajstić information content (AvgIpc) is 3.29. The van der Waals surface area contributed by atoms with Gasteiger partial charge in [0.15, 0.2) is 0 Å². The molecule has 9 heteroatoms. The highest BCUT2D eigenvalue weighted by Crippen LogP contribution is 2.63. The first-order valence-electron chi connectivity index (χ1n) is 12.8. The van der Waals surface area contributed by atoms with Gasteiger partial charge in [-0.25, -0.2) is 14.4 Å². The molecule has 0 radical (unpaired) electrons. The Kier molecular flexibility index (Phi) is 6.51. The molecule has 3 aliphatic rings. The van der Waals surface area contributed by atoms with Gasteiger partial charge in [0, 0.05) is 6.42 Å². The first kappa shape index (κ1) is 25.9. The maximum Gasteiger partial charge on any atom is 0.338 e. The number of urea groups is 1. The van der Waals surface area contributed by atoms with Gasteiger partial charge in [0.05, 0.1) is 23.1 Å². The number of nitrogens with zero attached hydrogens (tertiary/aromatic N) is 1. The lowest BCUT2D eigenvalue weighted by atomic mass is 9.42. The molecular weight excluding hydrogens is 488 g/mol. The summed E-state index contributed by atoms with van der Waals surface area (Å²) in [6, 6.07) is 16.2. The number of benzene rings is 2. The van der Waals surface area contributed by atoms with Gasteiger partial charge in [0.1, 0.15) is 25.0 Å². The molecule has 5 atom stereocenters. The van der Waals surface area contributed by atoms with Crippen LogP contribution in [0.2, 0.25) is 0 Å². The van der Waals surface area contributed by atoms with Crippen molar-refractivity contribution in [3.8, 4) is 0 Å². The largest absolute Gasteiger partial charge is 0.459 e. The minimum absolute atomic E-state index is 0.172. The van der Waals surface area contributed by atoms with Gasteiger partial charge in [0.2, 0.25) is 5.91 Å². The van der Waals surface area contributed by atoms with Crippen molar-refractivity contribution >= 4 is 23.9 Å². The van der Waals surface area contributed by atoms with E-state index in [-0.39, 0.29) is 35.8 Å². The van der Waals surface area contributed by atoms with E-state index in [4.69, 9.17) is 14.2 Å². The monoisotopic (exact) mass is 520 g/mol. The number of esters is 2. The Morgan fingerprint density at radius 3 is 2.11 bits per heavy atom. The van der Waals surface area contributed by atoms with Crippen LogP contribution in [0.5, 0.6) is 0 Å². The molecule has 2 saturated heterocycles. The fraction of sp³-hybridized carbons (Fsp3) is 0.448. The van der Waals surface area contributed by atoms with Crippen LogP contribution in [0.25, 0.3) is 0 Å². The zero-order chi connectivity index (χ0) is 27.2. The van der Waals surface area contributed by atoms with E-state index in [0.717, 1.165) is 0 Å². The first-order chi connectivity index (χ1) is 18.0. The zero-order valence-corrected chi connectivity index (χ0v) is 21.9. The Morgan fingerprint density at radius 2 is 1.50 bits per heavy atom. The molecule has 2 aliphatic heterocycles. The number of nitrogens with one attached hydrogen (secondary N) is 1. The van der Waals surface area contributed by atoms with Crippen LogP contribution in [0.3, 0.4) is 0 Å². The van der Waals surface area contributed by atoms with Crippen LogP contribution in [0.4, 0.5) is 4.79 Å². The molecule has 0 spiro atoms. The Hall–Kier alpha value is -3.72. The molecule has 1 N–H and O–H groups in total. The van der Waals surface area contributed by atoms with Crippen LogP contribution in [-0.4, -0.2) is 59.9 Å². The summed E-state index contributed by atoms with van der Waals surface area (Å²) < 4.78 is 17.6.